The summed E-state index contributed by atoms with van der Waals surface area (Å²) in [6.07, 6.45) is 0.714. The molecular formula is C19H19F3N2O4S. The van der Waals surface area contributed by atoms with Crippen LogP contribution < -0.4 is 11.1 Å². The summed E-state index contributed by atoms with van der Waals surface area (Å²) in [5.74, 6) is -5.45. The molecule has 156 valence electrons. The van der Waals surface area contributed by atoms with E-state index in [1.165, 1.54) is 12.1 Å². The normalized spacial score (nSPS) is 19.7. The number of carbonyl (C=O) groups is 1. The zero-order chi connectivity index (χ0) is 21.3. The molecule has 6 nitrogen and oxygen atoms in total. The summed E-state index contributed by atoms with van der Waals surface area (Å²) < 4.78 is 65.6. The second kappa shape index (κ2) is 8.03. The minimum atomic E-state index is -3.85. The zero-order valence-electron chi connectivity index (χ0n) is 15.2. The van der Waals surface area contributed by atoms with Crippen molar-refractivity contribution in [3.8, 4) is 0 Å². The number of rotatable bonds is 4. The average molecular weight is 428 g/mol. The lowest BCUT2D eigenvalue weighted by molar-refractivity contribution is 0.102. The highest BCUT2D eigenvalue weighted by atomic mass is 32.2. The van der Waals surface area contributed by atoms with Gasteiger partial charge in [0.15, 0.2) is 27.3 Å². The Bertz CT molecular complexity index is 1030. The van der Waals surface area contributed by atoms with Gasteiger partial charge in [-0.25, -0.2) is 21.6 Å². The highest BCUT2D eigenvalue weighted by Gasteiger charge is 2.33. The molecular weight excluding hydrogens is 409 g/mol. The molecule has 1 aliphatic rings. The van der Waals surface area contributed by atoms with Gasteiger partial charge in [0, 0.05) is 23.4 Å². The second-order valence-corrected chi connectivity index (χ2v) is 9.13. The van der Waals surface area contributed by atoms with Crippen molar-refractivity contribution in [1.29, 1.82) is 0 Å². The lowest BCUT2D eigenvalue weighted by Gasteiger charge is -2.25. The highest BCUT2D eigenvalue weighted by molar-refractivity contribution is 7.92. The summed E-state index contributed by atoms with van der Waals surface area (Å²) in [6.45, 7) is 0. The first-order valence-corrected chi connectivity index (χ1v) is 10.4. The molecule has 1 fully saturated rings. The van der Waals surface area contributed by atoms with Crippen molar-refractivity contribution in [1.82, 2.24) is 0 Å². The van der Waals surface area contributed by atoms with Gasteiger partial charge in [0.25, 0.3) is 5.91 Å². The summed E-state index contributed by atoms with van der Waals surface area (Å²) in [6, 6.07) is 4.84. The summed E-state index contributed by atoms with van der Waals surface area (Å²) in [4.78, 5) is 12.2. The van der Waals surface area contributed by atoms with Crippen molar-refractivity contribution < 1.29 is 31.5 Å². The van der Waals surface area contributed by atoms with Gasteiger partial charge in [0.05, 0.1) is 21.9 Å². The Morgan fingerprint density at radius 1 is 1.03 bits per heavy atom. The van der Waals surface area contributed by atoms with Crippen LogP contribution in [0.5, 0.6) is 0 Å². The topological polar surface area (TPSA) is 109 Å². The summed E-state index contributed by atoms with van der Waals surface area (Å²) >= 11 is 0. The molecule has 4 N–H and O–H groups in total. The number of amides is 1. The van der Waals surface area contributed by atoms with Gasteiger partial charge in [-0.15, -0.1) is 0 Å². The molecule has 0 atom stereocenters. The minimum absolute atomic E-state index is 0.0356. The summed E-state index contributed by atoms with van der Waals surface area (Å²) in [7, 11) is -3.85. The van der Waals surface area contributed by atoms with Crippen LogP contribution in [0.1, 0.15) is 36.0 Å². The first-order chi connectivity index (χ1) is 13.6. The third-order valence-corrected chi connectivity index (χ3v) is 7.22. The Kier molecular flexibility index (Phi) is 5.85. The maximum atomic E-state index is 13.3. The molecule has 10 heteroatoms. The number of hydrogen-bond acceptors (Lipinski definition) is 5. The molecule has 0 bridgehead atoms. The van der Waals surface area contributed by atoms with E-state index in [2.05, 4.69) is 5.32 Å². The van der Waals surface area contributed by atoms with Crippen LogP contribution in [0.15, 0.2) is 35.2 Å². The van der Waals surface area contributed by atoms with Crippen molar-refractivity contribution >= 4 is 27.1 Å². The third-order valence-electron chi connectivity index (χ3n) is 4.91. The molecule has 2 aromatic carbocycles. The quantitative estimate of drug-likeness (QED) is 0.512. The predicted octanol–water partition coefficient (Wildman–Crippen LogP) is 3.02. The van der Waals surface area contributed by atoms with Crippen molar-refractivity contribution in [3.05, 3.63) is 53.3 Å². The van der Waals surface area contributed by atoms with E-state index in [0.717, 1.165) is 6.07 Å². The number of aliphatic hydroxyl groups is 1. The number of benzene rings is 2. The SMILES string of the molecule is Nc1ccc(C(=O)Nc2cc(F)c(F)c(F)c2)cc1S(=O)(=O)C1CCC(O)CC1. The smallest absolute Gasteiger partial charge is 0.255 e. The van der Waals surface area contributed by atoms with E-state index in [1.807, 2.05) is 0 Å². The fourth-order valence-electron chi connectivity index (χ4n) is 3.29. The molecule has 0 heterocycles. The first-order valence-electron chi connectivity index (χ1n) is 8.87. The number of aliphatic hydroxyl groups excluding tert-OH is 1. The summed E-state index contributed by atoms with van der Waals surface area (Å²) in [5, 5.41) is 11.0. The number of hydrogen-bond donors (Lipinski definition) is 3. The fraction of sp³-hybridized carbons (Fsp3) is 0.316. The fourth-order valence-corrected chi connectivity index (χ4v) is 5.23. The van der Waals surface area contributed by atoms with Crippen LogP contribution in [0.2, 0.25) is 0 Å². The molecule has 29 heavy (non-hydrogen) atoms. The number of sulfone groups is 1. The Morgan fingerprint density at radius 2 is 1.62 bits per heavy atom. The van der Waals surface area contributed by atoms with Crippen LogP contribution in [0.25, 0.3) is 0 Å². The van der Waals surface area contributed by atoms with Gasteiger partial charge in [0.2, 0.25) is 0 Å². The van der Waals surface area contributed by atoms with Crippen molar-refractivity contribution in [3.63, 3.8) is 0 Å². The number of nitrogens with two attached hydrogens (primary N) is 1. The van der Waals surface area contributed by atoms with Crippen LogP contribution in [0.4, 0.5) is 24.5 Å². The lowest BCUT2D eigenvalue weighted by Crippen LogP contribution is -2.29. The second-order valence-electron chi connectivity index (χ2n) is 6.94. The van der Waals surface area contributed by atoms with Gasteiger partial charge in [0.1, 0.15) is 0 Å². The van der Waals surface area contributed by atoms with Gasteiger partial charge in [-0.3, -0.25) is 4.79 Å². The molecule has 2 aromatic rings. The molecule has 1 amide bonds. The number of nitrogens with one attached hydrogen (secondary N) is 1. The molecule has 0 radical (unpaired) electrons. The van der Waals surface area contributed by atoms with Gasteiger partial charge in [-0.1, -0.05) is 0 Å². The van der Waals surface area contributed by atoms with E-state index in [1.54, 1.807) is 0 Å². The number of anilines is 2. The molecule has 0 unspecified atom stereocenters. The molecule has 0 aromatic heterocycles. The molecule has 1 saturated carbocycles. The van der Waals surface area contributed by atoms with Gasteiger partial charge in [-0.05, 0) is 43.9 Å². The number of nitrogen functional groups attached to an aromatic ring is 1. The van der Waals surface area contributed by atoms with Gasteiger partial charge >= 0.3 is 0 Å². The Labute approximate surface area is 165 Å². The lowest BCUT2D eigenvalue weighted by atomic mass is 9.97. The maximum absolute atomic E-state index is 13.3. The van der Waals surface area contributed by atoms with Crippen LogP contribution >= 0.6 is 0 Å². The minimum Gasteiger partial charge on any atom is -0.398 e. The van der Waals surface area contributed by atoms with E-state index in [-0.39, 0.29) is 34.7 Å². The maximum Gasteiger partial charge on any atom is 0.255 e. The highest BCUT2D eigenvalue weighted by Crippen LogP contribution is 2.32. The molecule has 1 aliphatic carbocycles. The molecule has 0 saturated heterocycles. The van der Waals surface area contributed by atoms with Crippen molar-refractivity contribution in [2.45, 2.75) is 41.9 Å². The van der Waals surface area contributed by atoms with Crippen LogP contribution in [-0.4, -0.2) is 30.8 Å². The first kappa shape index (κ1) is 21.1. The number of carbonyl (C=O) groups excluding carboxylic acids is 1. The van der Waals surface area contributed by atoms with Crippen LogP contribution in [0.3, 0.4) is 0 Å². The van der Waals surface area contributed by atoms with Crippen molar-refractivity contribution in [2.24, 2.45) is 0 Å². The Balaban J connectivity index is 1.87. The number of halogens is 3. The van der Waals surface area contributed by atoms with Gasteiger partial charge in [-0.2, -0.15) is 0 Å². The van der Waals surface area contributed by atoms with E-state index >= 15 is 0 Å². The zero-order valence-corrected chi connectivity index (χ0v) is 16.0. The Hall–Kier alpha value is -2.59. The van der Waals surface area contributed by atoms with Crippen molar-refractivity contribution in [2.75, 3.05) is 11.1 Å². The largest absolute Gasteiger partial charge is 0.398 e. The van der Waals surface area contributed by atoms with Gasteiger partial charge < -0.3 is 16.2 Å². The van der Waals surface area contributed by atoms with Crippen LogP contribution in [-0.2, 0) is 9.84 Å². The monoisotopic (exact) mass is 428 g/mol. The average Bonchev–Trinajstić information content (AvgIpc) is 2.66. The van der Waals surface area contributed by atoms with Crippen LogP contribution in [0, 0.1) is 17.5 Å². The van der Waals surface area contributed by atoms with E-state index in [9.17, 15) is 31.5 Å². The third kappa shape index (κ3) is 4.38. The van der Waals surface area contributed by atoms with E-state index < -0.39 is 44.5 Å². The Morgan fingerprint density at radius 3 is 2.21 bits per heavy atom. The predicted molar refractivity (Wildman–Crippen MR) is 101 cm³/mol. The summed E-state index contributed by atoms with van der Waals surface area (Å²) in [5.41, 5.74) is 5.36. The molecule has 3 rings (SSSR count). The van der Waals surface area contributed by atoms with E-state index in [0.29, 0.717) is 25.0 Å². The van der Waals surface area contributed by atoms with E-state index in [4.69, 9.17) is 5.73 Å². The standard InChI is InChI=1S/C19H19F3N2O4S/c20-14-8-11(9-15(21)18(14)22)24-19(26)10-1-6-16(23)17(7-10)29(27,28)13-4-2-12(25)3-5-13/h1,6-9,12-13,25H,2-5,23H2,(H,24,26). The molecule has 0 spiro atoms. The molecule has 0 aliphatic heterocycles.